The standard InChI is InChI=1S/C12H11ClFN3/c1-7-4-9(15)6-16-12(7)17-11-5-8(13)2-3-10(11)14/h2-6H,15H2,1H3,(H,16,17). The maximum Gasteiger partial charge on any atom is 0.146 e. The molecule has 3 N–H and O–H groups in total. The summed E-state index contributed by atoms with van der Waals surface area (Å²) < 4.78 is 13.5. The number of aromatic nitrogens is 1. The first-order chi connectivity index (χ1) is 8.06. The zero-order valence-corrected chi connectivity index (χ0v) is 9.92. The molecule has 0 aliphatic rings. The average Bonchev–Trinajstić information content (AvgIpc) is 2.27. The lowest BCUT2D eigenvalue weighted by molar-refractivity contribution is 0.632. The van der Waals surface area contributed by atoms with Gasteiger partial charge in [-0.25, -0.2) is 9.37 Å². The molecule has 5 heteroatoms. The first-order valence-electron chi connectivity index (χ1n) is 5.00. The molecule has 0 radical (unpaired) electrons. The van der Waals surface area contributed by atoms with E-state index in [-0.39, 0.29) is 11.5 Å². The Kier molecular flexibility index (Phi) is 3.15. The van der Waals surface area contributed by atoms with E-state index in [1.807, 2.05) is 6.92 Å². The lowest BCUT2D eigenvalue weighted by Crippen LogP contribution is -1.99. The third kappa shape index (κ3) is 2.65. The number of hydrogen-bond acceptors (Lipinski definition) is 3. The Hall–Kier alpha value is -1.81. The third-order valence-corrected chi connectivity index (χ3v) is 2.52. The molecule has 0 aliphatic heterocycles. The minimum Gasteiger partial charge on any atom is -0.397 e. The molecule has 17 heavy (non-hydrogen) atoms. The van der Waals surface area contributed by atoms with Crippen molar-refractivity contribution in [2.75, 3.05) is 11.1 Å². The molecule has 2 aromatic rings. The van der Waals surface area contributed by atoms with E-state index in [1.165, 1.54) is 24.4 Å². The molecule has 0 saturated heterocycles. The van der Waals surface area contributed by atoms with Gasteiger partial charge < -0.3 is 11.1 Å². The highest BCUT2D eigenvalue weighted by molar-refractivity contribution is 6.30. The monoisotopic (exact) mass is 251 g/mol. The van der Waals surface area contributed by atoms with Crippen LogP contribution in [0, 0.1) is 12.7 Å². The summed E-state index contributed by atoms with van der Waals surface area (Å²) in [7, 11) is 0. The Bertz CT molecular complexity index is 557. The van der Waals surface area contributed by atoms with Crippen LogP contribution in [0.5, 0.6) is 0 Å². The van der Waals surface area contributed by atoms with E-state index in [1.54, 1.807) is 6.07 Å². The number of aryl methyl sites for hydroxylation is 1. The number of nitrogens with two attached hydrogens (primary N) is 1. The van der Waals surface area contributed by atoms with Crippen LogP contribution in [0.2, 0.25) is 5.02 Å². The van der Waals surface area contributed by atoms with Gasteiger partial charge in [0.05, 0.1) is 17.6 Å². The second-order valence-electron chi connectivity index (χ2n) is 3.68. The van der Waals surface area contributed by atoms with Crippen LogP contribution in [0.3, 0.4) is 0 Å². The zero-order chi connectivity index (χ0) is 12.4. The summed E-state index contributed by atoms with van der Waals surface area (Å²) in [5.74, 6) is 0.174. The topological polar surface area (TPSA) is 50.9 Å². The van der Waals surface area contributed by atoms with E-state index in [9.17, 15) is 4.39 Å². The molecule has 88 valence electrons. The number of hydrogen-bond donors (Lipinski definition) is 2. The third-order valence-electron chi connectivity index (χ3n) is 2.28. The van der Waals surface area contributed by atoms with Crippen molar-refractivity contribution in [2.24, 2.45) is 0 Å². The van der Waals surface area contributed by atoms with Crippen LogP contribution in [0.25, 0.3) is 0 Å². The van der Waals surface area contributed by atoms with Crippen molar-refractivity contribution in [3.63, 3.8) is 0 Å². The van der Waals surface area contributed by atoms with Gasteiger partial charge in [0.1, 0.15) is 11.6 Å². The van der Waals surface area contributed by atoms with E-state index in [4.69, 9.17) is 17.3 Å². The first kappa shape index (κ1) is 11.7. The molecule has 1 aromatic heterocycles. The van der Waals surface area contributed by atoms with E-state index in [0.717, 1.165) is 5.56 Å². The quantitative estimate of drug-likeness (QED) is 0.859. The molecule has 0 atom stereocenters. The molecule has 0 bridgehead atoms. The molecule has 2 rings (SSSR count). The number of pyridine rings is 1. The molecule has 0 unspecified atom stereocenters. The van der Waals surface area contributed by atoms with E-state index < -0.39 is 0 Å². The largest absolute Gasteiger partial charge is 0.397 e. The second-order valence-corrected chi connectivity index (χ2v) is 4.12. The number of nitrogen functional groups attached to an aromatic ring is 1. The fourth-order valence-electron chi connectivity index (χ4n) is 1.45. The van der Waals surface area contributed by atoms with Crippen LogP contribution < -0.4 is 11.1 Å². The number of nitrogens with zero attached hydrogens (tertiary/aromatic N) is 1. The molecule has 1 heterocycles. The summed E-state index contributed by atoms with van der Waals surface area (Å²) >= 11 is 5.80. The molecule has 0 fully saturated rings. The van der Waals surface area contributed by atoms with Crippen molar-refractivity contribution >= 4 is 28.8 Å². The molecule has 0 saturated carbocycles. The SMILES string of the molecule is Cc1cc(N)cnc1Nc1cc(Cl)ccc1F. The van der Waals surface area contributed by atoms with Crippen LogP contribution in [0.4, 0.5) is 21.6 Å². The number of nitrogens with one attached hydrogen (secondary N) is 1. The normalized spacial score (nSPS) is 10.3. The highest BCUT2D eigenvalue weighted by Gasteiger charge is 2.06. The summed E-state index contributed by atoms with van der Waals surface area (Å²) in [6, 6.07) is 6.06. The van der Waals surface area contributed by atoms with Crippen molar-refractivity contribution in [3.05, 3.63) is 46.9 Å². The molecular weight excluding hydrogens is 241 g/mol. The van der Waals surface area contributed by atoms with Gasteiger partial charge in [0.2, 0.25) is 0 Å². The number of benzene rings is 1. The van der Waals surface area contributed by atoms with E-state index >= 15 is 0 Å². The van der Waals surface area contributed by atoms with Crippen LogP contribution in [-0.2, 0) is 0 Å². The fourth-order valence-corrected chi connectivity index (χ4v) is 1.62. The van der Waals surface area contributed by atoms with Gasteiger partial charge in [-0.3, -0.25) is 0 Å². The minimum absolute atomic E-state index is 0.290. The lowest BCUT2D eigenvalue weighted by atomic mass is 10.2. The molecule has 0 spiro atoms. The number of anilines is 3. The van der Waals surface area contributed by atoms with E-state index in [2.05, 4.69) is 10.3 Å². The van der Waals surface area contributed by atoms with Crippen LogP contribution in [-0.4, -0.2) is 4.98 Å². The lowest BCUT2D eigenvalue weighted by Gasteiger charge is -2.10. The van der Waals surface area contributed by atoms with Gasteiger partial charge in [0.25, 0.3) is 0 Å². The molecule has 0 amide bonds. The smallest absolute Gasteiger partial charge is 0.146 e. The molecule has 1 aromatic carbocycles. The van der Waals surface area contributed by atoms with Crippen LogP contribution in [0.1, 0.15) is 5.56 Å². The van der Waals surface area contributed by atoms with Crippen molar-refractivity contribution in [1.82, 2.24) is 4.98 Å². The summed E-state index contributed by atoms with van der Waals surface area (Å²) in [4.78, 5) is 4.10. The Morgan fingerprint density at radius 1 is 1.35 bits per heavy atom. The van der Waals surface area contributed by atoms with Crippen molar-refractivity contribution in [3.8, 4) is 0 Å². The second kappa shape index (κ2) is 4.59. The van der Waals surface area contributed by atoms with Gasteiger partial charge in [0, 0.05) is 5.02 Å². The predicted molar refractivity (Wildman–Crippen MR) is 68.1 cm³/mol. The average molecular weight is 252 g/mol. The summed E-state index contributed by atoms with van der Waals surface area (Å²) in [5.41, 5.74) is 7.29. The summed E-state index contributed by atoms with van der Waals surface area (Å²) in [6.07, 6.45) is 1.51. The van der Waals surface area contributed by atoms with Crippen molar-refractivity contribution < 1.29 is 4.39 Å². The number of halogens is 2. The van der Waals surface area contributed by atoms with Gasteiger partial charge in [-0.2, -0.15) is 0 Å². The molecule has 0 aliphatic carbocycles. The highest BCUT2D eigenvalue weighted by Crippen LogP contribution is 2.24. The van der Waals surface area contributed by atoms with Gasteiger partial charge in [0.15, 0.2) is 0 Å². The Balaban J connectivity index is 2.34. The van der Waals surface area contributed by atoms with Crippen LogP contribution in [0.15, 0.2) is 30.5 Å². The maximum atomic E-state index is 13.5. The van der Waals surface area contributed by atoms with E-state index in [0.29, 0.717) is 16.5 Å². The van der Waals surface area contributed by atoms with Gasteiger partial charge >= 0.3 is 0 Å². The Morgan fingerprint density at radius 3 is 2.82 bits per heavy atom. The minimum atomic E-state index is -0.382. The van der Waals surface area contributed by atoms with Gasteiger partial charge in [-0.1, -0.05) is 11.6 Å². The number of rotatable bonds is 2. The van der Waals surface area contributed by atoms with Crippen molar-refractivity contribution in [2.45, 2.75) is 6.92 Å². The predicted octanol–water partition coefficient (Wildman–Crippen LogP) is 3.51. The summed E-state index contributed by atoms with van der Waals surface area (Å²) in [5, 5.41) is 3.34. The fraction of sp³-hybridized carbons (Fsp3) is 0.0833. The first-order valence-corrected chi connectivity index (χ1v) is 5.38. The highest BCUT2D eigenvalue weighted by atomic mass is 35.5. The summed E-state index contributed by atoms with van der Waals surface area (Å²) in [6.45, 7) is 1.84. The molecule has 3 nitrogen and oxygen atoms in total. The van der Waals surface area contributed by atoms with Gasteiger partial charge in [-0.15, -0.1) is 0 Å². The maximum absolute atomic E-state index is 13.5. The Morgan fingerprint density at radius 2 is 2.12 bits per heavy atom. The van der Waals surface area contributed by atoms with Gasteiger partial charge in [-0.05, 0) is 36.8 Å². The Labute approximate surface area is 103 Å². The van der Waals surface area contributed by atoms with Crippen molar-refractivity contribution in [1.29, 1.82) is 0 Å². The zero-order valence-electron chi connectivity index (χ0n) is 9.17. The van der Waals surface area contributed by atoms with Crippen LogP contribution >= 0.6 is 11.6 Å². The molecular formula is C12H11ClFN3.